The first-order chi connectivity index (χ1) is 11.1. The lowest BCUT2D eigenvalue weighted by Crippen LogP contribution is -2.52. The minimum atomic E-state index is -1.23. The van der Waals surface area contributed by atoms with Gasteiger partial charge in [-0.25, -0.2) is 0 Å². The van der Waals surface area contributed by atoms with Crippen LogP contribution in [0.5, 0.6) is 11.7 Å². The quantitative estimate of drug-likeness (QED) is 0.901. The summed E-state index contributed by atoms with van der Waals surface area (Å²) in [5.41, 5.74) is -1.23. The molecule has 1 aromatic heterocycles. The van der Waals surface area contributed by atoms with Gasteiger partial charge in [0.2, 0.25) is 0 Å². The van der Waals surface area contributed by atoms with Gasteiger partial charge in [-0.15, -0.1) is 0 Å². The molecule has 2 N–H and O–H groups in total. The number of furan rings is 1. The average Bonchev–Trinajstić information content (AvgIpc) is 3.03. The van der Waals surface area contributed by atoms with Crippen molar-refractivity contribution < 1.29 is 24.2 Å². The zero-order valence-corrected chi connectivity index (χ0v) is 12.6. The van der Waals surface area contributed by atoms with Gasteiger partial charge in [-0.05, 0) is 31.0 Å². The van der Waals surface area contributed by atoms with Crippen molar-refractivity contribution in [2.24, 2.45) is 0 Å². The Morgan fingerprint density at radius 3 is 2.78 bits per heavy atom. The number of carbonyl (C=O) groups excluding carboxylic acids is 1. The molecule has 0 saturated carbocycles. The summed E-state index contributed by atoms with van der Waals surface area (Å²) >= 11 is 0. The van der Waals surface area contributed by atoms with Gasteiger partial charge in [0.1, 0.15) is 11.4 Å². The molecular weight excluding hydrogens is 298 g/mol. The fourth-order valence-electron chi connectivity index (χ4n) is 2.67. The van der Waals surface area contributed by atoms with E-state index < -0.39 is 5.60 Å². The molecule has 2 aromatic rings. The second kappa shape index (κ2) is 6.44. The van der Waals surface area contributed by atoms with Gasteiger partial charge in [0.25, 0.3) is 11.9 Å². The fraction of sp³-hybridized carbons (Fsp3) is 0.353. The summed E-state index contributed by atoms with van der Waals surface area (Å²) in [4.78, 5) is 13.9. The zero-order valence-electron chi connectivity index (χ0n) is 12.6. The molecule has 1 saturated heterocycles. The SMILES string of the molecule is O=C(c1ccc(Oc2ccccc2)o1)N1CCC[C@](O)(CO)C1. The monoisotopic (exact) mass is 317 g/mol. The number of β-amino-alcohol motifs (C(OH)–C–C–N with tert-alkyl or cyclic N) is 1. The van der Waals surface area contributed by atoms with Gasteiger partial charge >= 0.3 is 0 Å². The van der Waals surface area contributed by atoms with Crippen LogP contribution in [0.3, 0.4) is 0 Å². The van der Waals surface area contributed by atoms with Crippen LogP contribution in [-0.2, 0) is 0 Å². The summed E-state index contributed by atoms with van der Waals surface area (Å²) in [5.74, 6) is 0.681. The number of likely N-dealkylation sites (tertiary alicyclic amines) is 1. The third kappa shape index (κ3) is 3.55. The zero-order chi connectivity index (χ0) is 16.3. The van der Waals surface area contributed by atoms with Crippen molar-refractivity contribution in [2.45, 2.75) is 18.4 Å². The van der Waals surface area contributed by atoms with Crippen LogP contribution in [0.1, 0.15) is 23.4 Å². The molecule has 23 heavy (non-hydrogen) atoms. The van der Waals surface area contributed by atoms with Crippen LogP contribution in [0.25, 0.3) is 0 Å². The number of benzene rings is 1. The Labute approximate surface area is 133 Å². The Kier molecular flexibility index (Phi) is 4.36. The number of carbonyl (C=O) groups is 1. The lowest BCUT2D eigenvalue weighted by Gasteiger charge is -2.37. The van der Waals surface area contributed by atoms with Gasteiger partial charge in [0.05, 0.1) is 13.2 Å². The summed E-state index contributed by atoms with van der Waals surface area (Å²) in [5, 5.41) is 19.4. The average molecular weight is 317 g/mol. The smallest absolute Gasteiger partial charge is 0.290 e. The number of aliphatic hydroxyl groups is 2. The van der Waals surface area contributed by atoms with E-state index in [1.165, 1.54) is 4.90 Å². The molecule has 0 unspecified atom stereocenters. The van der Waals surface area contributed by atoms with Crippen LogP contribution in [0.2, 0.25) is 0 Å². The molecule has 1 amide bonds. The van der Waals surface area contributed by atoms with Crippen molar-refractivity contribution in [1.29, 1.82) is 0 Å². The number of para-hydroxylation sites is 1. The molecule has 2 heterocycles. The number of aliphatic hydroxyl groups excluding tert-OH is 1. The van der Waals surface area contributed by atoms with Gasteiger partial charge in [0.15, 0.2) is 5.76 Å². The molecule has 1 atom stereocenters. The molecule has 6 nitrogen and oxygen atoms in total. The maximum atomic E-state index is 12.5. The highest BCUT2D eigenvalue weighted by Crippen LogP contribution is 2.26. The van der Waals surface area contributed by atoms with Gasteiger partial charge in [-0.2, -0.15) is 0 Å². The van der Waals surface area contributed by atoms with Crippen molar-refractivity contribution in [3.8, 4) is 11.7 Å². The van der Waals surface area contributed by atoms with Crippen LogP contribution in [0, 0.1) is 0 Å². The van der Waals surface area contributed by atoms with Crippen LogP contribution in [-0.4, -0.2) is 46.3 Å². The molecule has 3 rings (SSSR count). The molecule has 1 aromatic carbocycles. The van der Waals surface area contributed by atoms with E-state index in [0.29, 0.717) is 25.1 Å². The first-order valence-electron chi connectivity index (χ1n) is 7.55. The standard InChI is InChI=1S/C17H19NO5/c19-12-17(21)9-4-10-18(11-17)16(20)14-7-8-15(23-14)22-13-5-2-1-3-6-13/h1-3,5-8,19,21H,4,9-12H2/t17-/m1/s1. The molecule has 6 heteroatoms. The van der Waals surface area contributed by atoms with Crippen LogP contribution in [0.4, 0.5) is 0 Å². The molecule has 0 aliphatic carbocycles. The highest BCUT2D eigenvalue weighted by molar-refractivity contribution is 5.91. The highest BCUT2D eigenvalue weighted by Gasteiger charge is 2.35. The van der Waals surface area contributed by atoms with Gasteiger partial charge in [-0.1, -0.05) is 18.2 Å². The largest absolute Gasteiger partial charge is 0.426 e. The predicted octanol–water partition coefficient (Wildman–Crippen LogP) is 2.03. The normalized spacial score (nSPS) is 21.2. The second-order valence-corrected chi connectivity index (χ2v) is 5.75. The Balaban J connectivity index is 1.69. The fourth-order valence-corrected chi connectivity index (χ4v) is 2.67. The Hall–Kier alpha value is -2.31. The van der Waals surface area contributed by atoms with E-state index in [9.17, 15) is 15.0 Å². The number of rotatable bonds is 4. The van der Waals surface area contributed by atoms with E-state index in [-0.39, 0.29) is 30.8 Å². The number of ether oxygens (including phenoxy) is 1. The third-order valence-corrected chi connectivity index (χ3v) is 3.89. The van der Waals surface area contributed by atoms with E-state index in [1.54, 1.807) is 24.3 Å². The summed E-state index contributed by atoms with van der Waals surface area (Å²) in [6.45, 7) is 0.256. The minimum Gasteiger partial charge on any atom is -0.426 e. The summed E-state index contributed by atoms with van der Waals surface area (Å²) in [6, 6.07) is 12.3. The number of piperidine rings is 1. The van der Waals surface area contributed by atoms with Gasteiger partial charge in [-0.3, -0.25) is 4.79 Å². The summed E-state index contributed by atoms with van der Waals surface area (Å²) in [7, 11) is 0. The number of hydrogen-bond donors (Lipinski definition) is 2. The Morgan fingerprint density at radius 1 is 1.26 bits per heavy atom. The van der Waals surface area contributed by atoms with Crippen molar-refractivity contribution in [3.05, 3.63) is 48.2 Å². The Morgan fingerprint density at radius 2 is 2.04 bits per heavy atom. The van der Waals surface area contributed by atoms with E-state index >= 15 is 0 Å². The maximum Gasteiger partial charge on any atom is 0.290 e. The highest BCUT2D eigenvalue weighted by atomic mass is 16.6. The van der Waals surface area contributed by atoms with Crippen molar-refractivity contribution in [1.82, 2.24) is 4.90 Å². The molecule has 122 valence electrons. The molecule has 0 spiro atoms. The third-order valence-electron chi connectivity index (χ3n) is 3.89. The second-order valence-electron chi connectivity index (χ2n) is 5.75. The first-order valence-corrected chi connectivity index (χ1v) is 7.55. The maximum absolute atomic E-state index is 12.5. The predicted molar refractivity (Wildman–Crippen MR) is 82.4 cm³/mol. The molecule has 1 fully saturated rings. The number of nitrogens with zero attached hydrogens (tertiary/aromatic N) is 1. The molecule has 1 aliphatic heterocycles. The van der Waals surface area contributed by atoms with Crippen LogP contribution < -0.4 is 4.74 Å². The van der Waals surface area contributed by atoms with Gasteiger partial charge in [0, 0.05) is 12.6 Å². The van der Waals surface area contributed by atoms with Crippen molar-refractivity contribution in [3.63, 3.8) is 0 Å². The van der Waals surface area contributed by atoms with Crippen molar-refractivity contribution >= 4 is 5.91 Å². The topological polar surface area (TPSA) is 83.1 Å². The molecule has 0 radical (unpaired) electrons. The minimum absolute atomic E-state index is 0.0951. The lowest BCUT2D eigenvalue weighted by atomic mass is 9.93. The van der Waals surface area contributed by atoms with Crippen molar-refractivity contribution in [2.75, 3.05) is 19.7 Å². The van der Waals surface area contributed by atoms with E-state index in [2.05, 4.69) is 0 Å². The van der Waals surface area contributed by atoms with E-state index in [0.717, 1.165) is 0 Å². The van der Waals surface area contributed by atoms with Crippen LogP contribution in [0.15, 0.2) is 46.9 Å². The van der Waals surface area contributed by atoms with E-state index in [1.807, 2.05) is 18.2 Å². The summed E-state index contributed by atoms with van der Waals surface area (Å²) in [6.07, 6.45) is 1.12. The lowest BCUT2D eigenvalue weighted by molar-refractivity contribution is -0.0603. The van der Waals surface area contributed by atoms with Gasteiger partial charge < -0.3 is 24.3 Å². The number of hydrogen-bond acceptors (Lipinski definition) is 5. The molecular formula is C17H19NO5. The summed E-state index contributed by atoms with van der Waals surface area (Å²) < 4.78 is 11.0. The van der Waals surface area contributed by atoms with Crippen LogP contribution >= 0.6 is 0 Å². The molecule has 1 aliphatic rings. The first kappa shape index (κ1) is 15.6. The molecule has 0 bridgehead atoms. The Bertz CT molecular complexity index is 669. The van der Waals surface area contributed by atoms with E-state index in [4.69, 9.17) is 9.15 Å². The number of amides is 1.